The van der Waals surface area contributed by atoms with Crippen LogP contribution in [0, 0.1) is 10.1 Å². The number of methoxy groups -OCH3 is 2. The SMILES string of the molecule is COC(=O)C(=O)C(CC=O)n1c(C(=O)OC)ccc1[N+](=O)[O-]. The Balaban J connectivity index is 3.51. The van der Waals surface area contributed by atoms with Crippen LogP contribution in [0.1, 0.15) is 23.0 Å². The van der Waals surface area contributed by atoms with Crippen LogP contribution in [0.25, 0.3) is 0 Å². The first-order chi connectivity index (χ1) is 10.4. The van der Waals surface area contributed by atoms with E-state index < -0.39 is 40.9 Å². The molecule has 0 aliphatic rings. The highest BCUT2D eigenvalue weighted by atomic mass is 16.6. The van der Waals surface area contributed by atoms with Gasteiger partial charge in [-0.3, -0.25) is 4.79 Å². The summed E-state index contributed by atoms with van der Waals surface area (Å²) in [5.41, 5.74) is -0.335. The van der Waals surface area contributed by atoms with E-state index in [0.29, 0.717) is 10.9 Å². The maximum atomic E-state index is 12.0. The van der Waals surface area contributed by atoms with Crippen LogP contribution in [0.15, 0.2) is 12.1 Å². The average molecular weight is 312 g/mol. The van der Waals surface area contributed by atoms with E-state index in [1.165, 1.54) is 0 Å². The number of hydrogen-bond donors (Lipinski definition) is 0. The third kappa shape index (κ3) is 3.16. The van der Waals surface area contributed by atoms with Gasteiger partial charge in [0.1, 0.15) is 6.29 Å². The topological polar surface area (TPSA) is 135 Å². The number of ether oxygens (including phenoxy) is 2. The zero-order valence-electron chi connectivity index (χ0n) is 11.7. The molecule has 118 valence electrons. The van der Waals surface area contributed by atoms with Gasteiger partial charge in [0.2, 0.25) is 5.69 Å². The second kappa shape index (κ2) is 7.11. The number of Topliss-reactive ketones (excluding diaryl/α,β-unsaturated/α-hetero) is 1. The van der Waals surface area contributed by atoms with Gasteiger partial charge in [-0.05, 0) is 4.92 Å². The molecule has 1 unspecified atom stereocenters. The number of nitrogens with zero attached hydrogens (tertiary/aromatic N) is 2. The van der Waals surface area contributed by atoms with Crippen molar-refractivity contribution < 1.29 is 33.6 Å². The van der Waals surface area contributed by atoms with Gasteiger partial charge >= 0.3 is 17.8 Å². The largest absolute Gasteiger partial charge is 0.463 e. The van der Waals surface area contributed by atoms with E-state index in [0.717, 1.165) is 26.4 Å². The van der Waals surface area contributed by atoms with Crippen molar-refractivity contribution in [2.75, 3.05) is 14.2 Å². The highest BCUT2D eigenvalue weighted by Crippen LogP contribution is 2.26. The average Bonchev–Trinajstić information content (AvgIpc) is 2.95. The van der Waals surface area contributed by atoms with E-state index in [-0.39, 0.29) is 5.69 Å². The fraction of sp³-hybridized carbons (Fsp3) is 0.333. The minimum Gasteiger partial charge on any atom is -0.463 e. The van der Waals surface area contributed by atoms with Crippen molar-refractivity contribution in [3.8, 4) is 0 Å². The van der Waals surface area contributed by atoms with Gasteiger partial charge in [0.15, 0.2) is 6.04 Å². The lowest BCUT2D eigenvalue weighted by Crippen LogP contribution is -2.30. The molecule has 0 aliphatic heterocycles. The first-order valence-corrected chi connectivity index (χ1v) is 5.88. The molecule has 1 heterocycles. The van der Waals surface area contributed by atoms with E-state index in [9.17, 15) is 29.3 Å². The van der Waals surface area contributed by atoms with Crippen LogP contribution in [0.5, 0.6) is 0 Å². The van der Waals surface area contributed by atoms with Crippen molar-refractivity contribution in [1.82, 2.24) is 4.57 Å². The molecule has 0 saturated carbocycles. The molecule has 1 atom stereocenters. The van der Waals surface area contributed by atoms with E-state index in [1.54, 1.807) is 0 Å². The molecule has 22 heavy (non-hydrogen) atoms. The minimum atomic E-state index is -1.57. The highest BCUT2D eigenvalue weighted by molar-refractivity contribution is 6.35. The third-order valence-electron chi connectivity index (χ3n) is 2.80. The molecule has 1 aromatic heterocycles. The lowest BCUT2D eigenvalue weighted by Gasteiger charge is -2.13. The van der Waals surface area contributed by atoms with Gasteiger partial charge in [0.25, 0.3) is 5.78 Å². The predicted molar refractivity (Wildman–Crippen MR) is 69.2 cm³/mol. The quantitative estimate of drug-likeness (QED) is 0.227. The third-order valence-corrected chi connectivity index (χ3v) is 2.80. The van der Waals surface area contributed by atoms with Gasteiger partial charge in [-0.25, -0.2) is 14.2 Å². The van der Waals surface area contributed by atoms with Crippen LogP contribution >= 0.6 is 0 Å². The molecule has 0 N–H and O–H groups in total. The number of nitro groups is 1. The van der Waals surface area contributed by atoms with Crippen molar-refractivity contribution in [2.24, 2.45) is 0 Å². The van der Waals surface area contributed by atoms with Crippen LogP contribution in [0.4, 0.5) is 5.82 Å². The summed E-state index contributed by atoms with van der Waals surface area (Å²) in [5, 5.41) is 11.0. The maximum absolute atomic E-state index is 12.0. The van der Waals surface area contributed by atoms with E-state index in [1.807, 2.05) is 0 Å². The number of aromatic nitrogens is 1. The van der Waals surface area contributed by atoms with Gasteiger partial charge in [0, 0.05) is 12.1 Å². The normalized spacial score (nSPS) is 11.4. The second-order valence-corrected chi connectivity index (χ2v) is 3.97. The van der Waals surface area contributed by atoms with E-state index in [4.69, 9.17) is 0 Å². The summed E-state index contributed by atoms with van der Waals surface area (Å²) in [5.74, 6) is -4.07. The Labute approximate surface area is 123 Å². The monoisotopic (exact) mass is 312 g/mol. The Morgan fingerprint density at radius 3 is 2.41 bits per heavy atom. The van der Waals surface area contributed by atoms with Crippen LogP contribution in [-0.2, 0) is 23.9 Å². The number of carbonyl (C=O) groups is 4. The fourth-order valence-corrected chi connectivity index (χ4v) is 1.84. The standard InChI is InChI=1S/C12H12N2O8/c1-21-11(17)8-3-4-9(14(19)20)13(8)7(5-6-15)10(16)12(18)22-2/h3-4,6-7H,5H2,1-2H3. The van der Waals surface area contributed by atoms with Crippen LogP contribution in [0.2, 0.25) is 0 Å². The fourth-order valence-electron chi connectivity index (χ4n) is 1.84. The Morgan fingerprint density at radius 2 is 1.95 bits per heavy atom. The van der Waals surface area contributed by atoms with Crippen molar-refractivity contribution in [2.45, 2.75) is 12.5 Å². The highest BCUT2D eigenvalue weighted by Gasteiger charge is 2.38. The molecule has 1 aromatic rings. The molecule has 0 saturated heterocycles. The molecular weight excluding hydrogens is 300 g/mol. The first-order valence-electron chi connectivity index (χ1n) is 5.88. The summed E-state index contributed by atoms with van der Waals surface area (Å²) < 4.78 is 9.41. The lowest BCUT2D eigenvalue weighted by atomic mass is 10.1. The van der Waals surface area contributed by atoms with Crippen molar-refractivity contribution >= 4 is 29.8 Å². The molecule has 10 heteroatoms. The second-order valence-electron chi connectivity index (χ2n) is 3.97. The number of carbonyl (C=O) groups excluding carboxylic acids is 4. The van der Waals surface area contributed by atoms with Crippen LogP contribution < -0.4 is 0 Å². The van der Waals surface area contributed by atoms with Gasteiger partial charge < -0.3 is 24.4 Å². The molecule has 0 aromatic carbocycles. The molecule has 0 fully saturated rings. The number of aldehydes is 1. The molecule has 1 rings (SSSR count). The summed E-state index contributed by atoms with van der Waals surface area (Å²) in [6.07, 6.45) is -0.246. The number of hydrogen-bond acceptors (Lipinski definition) is 8. The van der Waals surface area contributed by atoms with Crippen molar-refractivity contribution in [1.29, 1.82) is 0 Å². The lowest BCUT2D eigenvalue weighted by molar-refractivity contribution is -0.392. The predicted octanol–water partition coefficient (Wildman–Crippen LogP) is 0.0551. The zero-order chi connectivity index (χ0) is 16.9. The van der Waals surface area contributed by atoms with Crippen LogP contribution in [-0.4, -0.2) is 47.7 Å². The molecule has 0 aliphatic carbocycles. The molecule has 0 spiro atoms. The van der Waals surface area contributed by atoms with Gasteiger partial charge in [-0.1, -0.05) is 0 Å². The number of rotatable bonds is 7. The number of esters is 2. The van der Waals surface area contributed by atoms with Crippen molar-refractivity contribution in [3.05, 3.63) is 27.9 Å². The van der Waals surface area contributed by atoms with E-state index in [2.05, 4.69) is 9.47 Å². The maximum Gasteiger partial charge on any atom is 0.378 e. The Kier molecular flexibility index (Phi) is 5.50. The summed E-state index contributed by atoms with van der Waals surface area (Å²) >= 11 is 0. The molecule has 0 radical (unpaired) electrons. The Morgan fingerprint density at radius 1 is 1.32 bits per heavy atom. The molecular formula is C12H12N2O8. The summed E-state index contributed by atoms with van der Waals surface area (Å²) in [6, 6.07) is 0.454. The molecule has 0 bridgehead atoms. The van der Waals surface area contributed by atoms with Crippen LogP contribution in [0.3, 0.4) is 0 Å². The summed E-state index contributed by atoms with van der Waals surface area (Å²) in [4.78, 5) is 55.9. The van der Waals surface area contributed by atoms with Crippen molar-refractivity contribution in [3.63, 3.8) is 0 Å². The van der Waals surface area contributed by atoms with Gasteiger partial charge in [0.05, 0.1) is 20.6 Å². The minimum absolute atomic E-state index is 0.302. The van der Waals surface area contributed by atoms with Gasteiger partial charge in [-0.15, -0.1) is 0 Å². The smallest absolute Gasteiger partial charge is 0.378 e. The summed E-state index contributed by atoms with van der Waals surface area (Å²) in [6.45, 7) is 0. The first kappa shape index (κ1) is 17.0. The Hall–Kier alpha value is -3.04. The molecule has 10 nitrogen and oxygen atoms in total. The van der Waals surface area contributed by atoms with Gasteiger partial charge in [-0.2, -0.15) is 0 Å². The summed E-state index contributed by atoms with van der Waals surface area (Å²) in [7, 11) is 1.99. The molecule has 0 amide bonds. The van der Waals surface area contributed by atoms with E-state index >= 15 is 0 Å². The Bertz CT molecular complexity index is 633. The zero-order valence-corrected chi connectivity index (χ0v) is 11.7. The number of ketones is 1.